The van der Waals surface area contributed by atoms with Gasteiger partial charge in [0.25, 0.3) is 0 Å². The van der Waals surface area contributed by atoms with Crippen molar-refractivity contribution in [2.75, 3.05) is 6.61 Å². The Labute approximate surface area is 82.5 Å². The van der Waals surface area contributed by atoms with Crippen molar-refractivity contribution >= 4 is 17.6 Å². The second-order valence-corrected chi connectivity index (χ2v) is 2.96. The van der Waals surface area contributed by atoms with E-state index in [1.807, 2.05) is 18.2 Å². The molecule has 70 valence electrons. The highest BCUT2D eigenvalue weighted by Gasteiger charge is 2.17. The van der Waals surface area contributed by atoms with Gasteiger partial charge in [0, 0.05) is 0 Å². The van der Waals surface area contributed by atoms with E-state index in [4.69, 9.17) is 16.3 Å². The van der Waals surface area contributed by atoms with Crippen molar-refractivity contribution in [3.05, 3.63) is 35.9 Å². The van der Waals surface area contributed by atoms with E-state index in [0.29, 0.717) is 6.61 Å². The van der Waals surface area contributed by atoms with E-state index in [9.17, 15) is 4.79 Å². The van der Waals surface area contributed by atoms with Gasteiger partial charge < -0.3 is 4.74 Å². The van der Waals surface area contributed by atoms with Crippen molar-refractivity contribution in [2.24, 2.45) is 0 Å². The first-order valence-corrected chi connectivity index (χ1v) is 4.55. The summed E-state index contributed by atoms with van der Waals surface area (Å²) in [6.45, 7) is 2.11. The monoisotopic (exact) mass is 198 g/mol. The van der Waals surface area contributed by atoms with Crippen LogP contribution in [-0.4, -0.2) is 12.6 Å². The molecule has 0 unspecified atom stereocenters. The molecule has 1 rings (SSSR count). The zero-order chi connectivity index (χ0) is 9.68. The SMILES string of the molecule is CCOC(=O)[C@H](Cl)c1ccccc1. The van der Waals surface area contributed by atoms with Crippen molar-refractivity contribution in [2.45, 2.75) is 12.3 Å². The summed E-state index contributed by atoms with van der Waals surface area (Å²) in [5.74, 6) is -0.393. The summed E-state index contributed by atoms with van der Waals surface area (Å²) in [5.41, 5.74) is 0.766. The van der Waals surface area contributed by atoms with Gasteiger partial charge in [-0.1, -0.05) is 30.3 Å². The molecule has 0 aliphatic carbocycles. The highest BCUT2D eigenvalue weighted by Crippen LogP contribution is 2.21. The average Bonchev–Trinajstić information content (AvgIpc) is 2.18. The number of esters is 1. The van der Waals surface area contributed by atoms with Gasteiger partial charge in [0.2, 0.25) is 0 Å². The minimum atomic E-state index is -0.693. The fraction of sp³-hybridized carbons (Fsp3) is 0.300. The molecule has 1 atom stereocenters. The maximum absolute atomic E-state index is 11.2. The molecule has 0 aromatic heterocycles. The van der Waals surface area contributed by atoms with Gasteiger partial charge in [0.1, 0.15) is 0 Å². The second kappa shape index (κ2) is 4.87. The molecule has 0 N–H and O–H groups in total. The molecule has 0 heterocycles. The Morgan fingerprint density at radius 1 is 1.46 bits per heavy atom. The van der Waals surface area contributed by atoms with E-state index in [2.05, 4.69) is 0 Å². The van der Waals surface area contributed by atoms with Gasteiger partial charge >= 0.3 is 5.97 Å². The highest BCUT2D eigenvalue weighted by molar-refractivity contribution is 6.29. The van der Waals surface area contributed by atoms with Gasteiger partial charge in [-0.2, -0.15) is 0 Å². The largest absolute Gasteiger partial charge is 0.465 e. The topological polar surface area (TPSA) is 26.3 Å². The summed E-state index contributed by atoms with van der Waals surface area (Å²) >= 11 is 5.86. The first kappa shape index (κ1) is 10.1. The number of hydrogen-bond donors (Lipinski definition) is 0. The van der Waals surface area contributed by atoms with Crippen LogP contribution in [0.5, 0.6) is 0 Å². The average molecular weight is 199 g/mol. The first-order chi connectivity index (χ1) is 6.25. The quantitative estimate of drug-likeness (QED) is 0.551. The van der Waals surface area contributed by atoms with Crippen LogP contribution in [0.2, 0.25) is 0 Å². The molecule has 0 bridgehead atoms. The third-order valence-electron chi connectivity index (χ3n) is 1.59. The van der Waals surface area contributed by atoms with E-state index in [1.54, 1.807) is 19.1 Å². The van der Waals surface area contributed by atoms with Crippen LogP contribution in [0.25, 0.3) is 0 Å². The number of carbonyl (C=O) groups excluding carboxylic acids is 1. The zero-order valence-electron chi connectivity index (χ0n) is 7.37. The fourth-order valence-corrected chi connectivity index (χ4v) is 1.18. The number of ether oxygens (including phenoxy) is 1. The zero-order valence-corrected chi connectivity index (χ0v) is 8.12. The third-order valence-corrected chi connectivity index (χ3v) is 2.02. The number of rotatable bonds is 3. The van der Waals surface area contributed by atoms with Gasteiger partial charge in [-0.25, -0.2) is 0 Å². The van der Waals surface area contributed by atoms with Crippen LogP contribution in [-0.2, 0) is 9.53 Å². The second-order valence-electron chi connectivity index (χ2n) is 2.53. The Balaban J connectivity index is 2.68. The van der Waals surface area contributed by atoms with Gasteiger partial charge in [-0.05, 0) is 12.5 Å². The Bertz CT molecular complexity index is 272. The summed E-state index contributed by atoms with van der Waals surface area (Å²) < 4.78 is 4.79. The van der Waals surface area contributed by atoms with Crippen LogP contribution in [0.15, 0.2) is 30.3 Å². The van der Waals surface area contributed by atoms with Gasteiger partial charge in [0.15, 0.2) is 5.38 Å². The summed E-state index contributed by atoms with van der Waals surface area (Å²) in [7, 11) is 0. The number of hydrogen-bond acceptors (Lipinski definition) is 2. The van der Waals surface area contributed by atoms with E-state index in [0.717, 1.165) is 5.56 Å². The maximum Gasteiger partial charge on any atom is 0.328 e. The Kier molecular flexibility index (Phi) is 3.77. The van der Waals surface area contributed by atoms with Crippen molar-refractivity contribution < 1.29 is 9.53 Å². The Hall–Kier alpha value is -1.02. The van der Waals surface area contributed by atoms with Gasteiger partial charge in [-0.15, -0.1) is 11.6 Å². The molecule has 1 aromatic rings. The predicted molar refractivity (Wildman–Crippen MR) is 51.7 cm³/mol. The predicted octanol–water partition coefficient (Wildman–Crippen LogP) is 2.53. The fourth-order valence-electron chi connectivity index (χ4n) is 0.974. The van der Waals surface area contributed by atoms with Gasteiger partial charge in [-0.3, -0.25) is 4.79 Å². The van der Waals surface area contributed by atoms with Crippen LogP contribution >= 0.6 is 11.6 Å². The minimum Gasteiger partial charge on any atom is -0.465 e. The van der Waals surface area contributed by atoms with Crippen LogP contribution in [0, 0.1) is 0 Å². The molecule has 3 heteroatoms. The highest BCUT2D eigenvalue weighted by atomic mass is 35.5. The lowest BCUT2D eigenvalue weighted by atomic mass is 10.1. The first-order valence-electron chi connectivity index (χ1n) is 4.11. The minimum absolute atomic E-state index is 0.356. The third kappa shape index (κ3) is 2.74. The van der Waals surface area contributed by atoms with Crippen LogP contribution in [0.1, 0.15) is 17.9 Å². The number of alkyl halides is 1. The van der Waals surface area contributed by atoms with Crippen molar-refractivity contribution in [3.8, 4) is 0 Å². The molecular formula is C10H11ClO2. The standard InChI is InChI=1S/C10H11ClO2/c1-2-13-10(12)9(11)8-6-4-3-5-7-8/h3-7,9H,2H2,1H3/t9-/m1/s1. The summed E-state index contributed by atoms with van der Waals surface area (Å²) in [5, 5.41) is -0.693. The molecule has 0 aliphatic rings. The number of benzene rings is 1. The lowest BCUT2D eigenvalue weighted by molar-refractivity contribution is -0.142. The number of halogens is 1. The molecule has 2 nitrogen and oxygen atoms in total. The molecule has 0 aliphatic heterocycles. The van der Waals surface area contributed by atoms with Crippen molar-refractivity contribution in [3.63, 3.8) is 0 Å². The molecule has 0 saturated carbocycles. The molecule has 0 fully saturated rings. The van der Waals surface area contributed by atoms with Crippen molar-refractivity contribution in [1.29, 1.82) is 0 Å². The molecular weight excluding hydrogens is 188 g/mol. The molecule has 0 spiro atoms. The van der Waals surface area contributed by atoms with Crippen molar-refractivity contribution in [1.82, 2.24) is 0 Å². The lowest BCUT2D eigenvalue weighted by Crippen LogP contribution is -2.10. The summed E-state index contributed by atoms with van der Waals surface area (Å²) in [6.07, 6.45) is 0. The summed E-state index contributed by atoms with van der Waals surface area (Å²) in [4.78, 5) is 11.2. The Morgan fingerprint density at radius 2 is 2.08 bits per heavy atom. The lowest BCUT2D eigenvalue weighted by Gasteiger charge is -2.07. The molecule has 13 heavy (non-hydrogen) atoms. The normalized spacial score (nSPS) is 12.2. The van der Waals surface area contributed by atoms with E-state index < -0.39 is 11.3 Å². The maximum atomic E-state index is 11.2. The van der Waals surface area contributed by atoms with E-state index in [-0.39, 0.29) is 0 Å². The Morgan fingerprint density at radius 3 is 2.62 bits per heavy atom. The number of carbonyl (C=O) groups is 1. The smallest absolute Gasteiger partial charge is 0.328 e. The molecule has 0 radical (unpaired) electrons. The summed E-state index contributed by atoms with van der Waals surface area (Å²) in [6, 6.07) is 9.15. The van der Waals surface area contributed by atoms with Crippen LogP contribution in [0.3, 0.4) is 0 Å². The van der Waals surface area contributed by atoms with Gasteiger partial charge in [0.05, 0.1) is 6.61 Å². The van der Waals surface area contributed by atoms with E-state index >= 15 is 0 Å². The molecule has 0 amide bonds. The molecule has 1 aromatic carbocycles. The van der Waals surface area contributed by atoms with Crippen LogP contribution in [0.4, 0.5) is 0 Å². The molecule has 0 saturated heterocycles. The van der Waals surface area contributed by atoms with E-state index in [1.165, 1.54) is 0 Å². The van der Waals surface area contributed by atoms with Crippen LogP contribution < -0.4 is 0 Å².